The number of esters is 1. The fourth-order valence-corrected chi connectivity index (χ4v) is 0.926. The fourth-order valence-electron chi connectivity index (χ4n) is 0.926. The zero-order valence-electron chi connectivity index (χ0n) is 11.9. The van der Waals surface area contributed by atoms with Crippen molar-refractivity contribution in [1.29, 1.82) is 0 Å². The number of carbonyl (C=O) groups excluding carboxylic acids is 1. The van der Waals surface area contributed by atoms with Gasteiger partial charge in [0.1, 0.15) is 5.75 Å². The molecule has 1 unspecified atom stereocenters. The Balaban J connectivity index is 0.000000511. The molecule has 1 aromatic carbocycles. The summed E-state index contributed by atoms with van der Waals surface area (Å²) in [5.41, 5.74) is 0. The second-order valence-corrected chi connectivity index (χ2v) is 4.13. The van der Waals surface area contributed by atoms with E-state index in [2.05, 4.69) is 6.58 Å². The molecule has 0 saturated heterocycles. The van der Waals surface area contributed by atoms with Crippen LogP contribution in [0.2, 0.25) is 0 Å². The minimum Gasteiger partial charge on any atom is -0.481 e. The Morgan fingerprint density at radius 2 is 1.70 bits per heavy atom. The number of benzene rings is 1. The average Bonchev–Trinajstić information content (AvgIpc) is 2.40. The summed E-state index contributed by atoms with van der Waals surface area (Å²) in [6.45, 7) is 8.22. The smallest absolute Gasteiger partial charge is 0.333 e. The minimum atomic E-state index is -0.741. The van der Waals surface area contributed by atoms with E-state index in [0.29, 0.717) is 5.75 Å². The van der Waals surface area contributed by atoms with E-state index in [1.165, 1.54) is 0 Å². The van der Waals surface area contributed by atoms with Crippen molar-refractivity contribution in [2.45, 2.75) is 27.1 Å². The van der Waals surface area contributed by atoms with Crippen LogP contribution in [0.5, 0.6) is 5.75 Å². The topological polar surface area (TPSA) is 72.8 Å². The Morgan fingerprint density at radius 3 is 2.10 bits per heavy atom. The van der Waals surface area contributed by atoms with Gasteiger partial charge in [-0.05, 0) is 12.1 Å². The molecular formula is C15H20O5. The molecule has 0 fully saturated rings. The molecule has 1 atom stereocenters. The van der Waals surface area contributed by atoms with Gasteiger partial charge in [0.15, 0.2) is 0 Å². The first-order chi connectivity index (χ1) is 9.36. The van der Waals surface area contributed by atoms with Crippen LogP contribution in [0.4, 0.5) is 0 Å². The Kier molecular flexibility index (Phi) is 8.50. The zero-order chi connectivity index (χ0) is 15.5. The molecule has 20 heavy (non-hydrogen) atoms. The first-order valence-corrected chi connectivity index (χ1v) is 6.14. The van der Waals surface area contributed by atoms with Gasteiger partial charge < -0.3 is 14.6 Å². The molecule has 0 aliphatic rings. The van der Waals surface area contributed by atoms with E-state index < -0.39 is 18.2 Å². The molecule has 5 heteroatoms. The van der Waals surface area contributed by atoms with E-state index in [9.17, 15) is 9.59 Å². The third kappa shape index (κ3) is 8.74. The highest BCUT2D eigenvalue weighted by Gasteiger charge is 2.06. The van der Waals surface area contributed by atoms with Crippen LogP contribution in [-0.4, -0.2) is 23.3 Å². The molecule has 110 valence electrons. The molecule has 0 aliphatic heterocycles. The first kappa shape index (κ1) is 17.7. The third-order valence-corrected chi connectivity index (χ3v) is 1.99. The Labute approximate surface area is 118 Å². The molecule has 1 N–H and O–H groups in total. The number of hydrogen-bond donors (Lipinski definition) is 1. The predicted molar refractivity (Wildman–Crippen MR) is 75.3 cm³/mol. The van der Waals surface area contributed by atoms with Crippen LogP contribution in [0.3, 0.4) is 0 Å². The van der Waals surface area contributed by atoms with Crippen molar-refractivity contribution in [3.63, 3.8) is 0 Å². The van der Waals surface area contributed by atoms with Gasteiger partial charge >= 0.3 is 11.9 Å². The Hall–Kier alpha value is -2.30. The van der Waals surface area contributed by atoms with Crippen LogP contribution in [0.1, 0.15) is 20.8 Å². The van der Waals surface area contributed by atoms with Crippen LogP contribution in [0.25, 0.3) is 0 Å². The summed E-state index contributed by atoms with van der Waals surface area (Å²) in [6.07, 6.45) is 0.494. The highest BCUT2D eigenvalue weighted by Crippen LogP contribution is 2.11. The lowest BCUT2D eigenvalue weighted by atomic mass is 10.2. The molecule has 0 amide bonds. The molecule has 0 saturated carbocycles. The first-order valence-electron chi connectivity index (χ1n) is 6.14. The number of ether oxygens (including phenoxy) is 2. The van der Waals surface area contributed by atoms with Crippen molar-refractivity contribution in [3.8, 4) is 5.75 Å². The van der Waals surface area contributed by atoms with E-state index in [0.717, 1.165) is 6.08 Å². The number of aliphatic carboxylic acids is 1. The normalized spacial score (nSPS) is 10.8. The lowest BCUT2D eigenvalue weighted by Gasteiger charge is -2.13. The van der Waals surface area contributed by atoms with Gasteiger partial charge in [-0.15, -0.1) is 0 Å². The standard InChI is InChI=1S/C11H12O3.C4H8O2/c1-3-11(12)14-9(2)13-10-7-5-4-6-8-10;1-3(2)4(5)6/h3-9H,1H2,2H3;3H,1-2H3,(H,5,6). The van der Waals surface area contributed by atoms with Gasteiger partial charge in [-0.2, -0.15) is 0 Å². The van der Waals surface area contributed by atoms with E-state index in [1.54, 1.807) is 32.9 Å². The van der Waals surface area contributed by atoms with E-state index >= 15 is 0 Å². The van der Waals surface area contributed by atoms with Gasteiger partial charge in [-0.25, -0.2) is 4.79 Å². The molecule has 0 spiro atoms. The maximum atomic E-state index is 10.8. The molecule has 0 aromatic heterocycles. The summed E-state index contributed by atoms with van der Waals surface area (Å²) in [5, 5.41) is 7.99. The molecule has 1 rings (SSSR count). The average molecular weight is 280 g/mol. The summed E-state index contributed by atoms with van der Waals surface area (Å²) >= 11 is 0. The number of carboxylic acids is 1. The Bertz CT molecular complexity index is 425. The van der Waals surface area contributed by atoms with Gasteiger partial charge in [0, 0.05) is 13.0 Å². The van der Waals surface area contributed by atoms with E-state index in [1.807, 2.05) is 18.2 Å². The monoisotopic (exact) mass is 280 g/mol. The molecule has 0 bridgehead atoms. The SMILES string of the molecule is C=CC(=O)OC(C)Oc1ccccc1.CC(C)C(=O)O. The number of hydrogen-bond acceptors (Lipinski definition) is 4. The van der Waals surface area contributed by atoms with Crippen LogP contribution >= 0.6 is 0 Å². The van der Waals surface area contributed by atoms with Crippen molar-refractivity contribution >= 4 is 11.9 Å². The van der Waals surface area contributed by atoms with Gasteiger partial charge in [-0.3, -0.25) is 4.79 Å². The molecule has 0 heterocycles. The van der Waals surface area contributed by atoms with Crippen LogP contribution in [0, 0.1) is 5.92 Å². The number of carbonyl (C=O) groups is 2. The fraction of sp³-hybridized carbons (Fsp3) is 0.333. The van der Waals surface area contributed by atoms with Gasteiger partial charge in [0.25, 0.3) is 0 Å². The van der Waals surface area contributed by atoms with Crippen LogP contribution in [0.15, 0.2) is 43.0 Å². The van der Waals surface area contributed by atoms with Gasteiger partial charge in [0.05, 0.1) is 5.92 Å². The van der Waals surface area contributed by atoms with Crippen molar-refractivity contribution in [2.75, 3.05) is 0 Å². The maximum absolute atomic E-state index is 10.8. The molecule has 5 nitrogen and oxygen atoms in total. The van der Waals surface area contributed by atoms with Crippen molar-refractivity contribution in [3.05, 3.63) is 43.0 Å². The predicted octanol–water partition coefficient (Wildman–Crippen LogP) is 2.87. The summed E-state index contributed by atoms with van der Waals surface area (Å²) in [4.78, 5) is 20.5. The molecule has 0 aliphatic carbocycles. The number of carboxylic acid groups (broad SMARTS) is 1. The number of para-hydroxylation sites is 1. The molecule has 1 aromatic rings. The summed E-state index contributed by atoms with van der Waals surface area (Å²) in [5.74, 6) is -0.801. The van der Waals surface area contributed by atoms with Crippen molar-refractivity contribution in [1.82, 2.24) is 0 Å². The summed E-state index contributed by atoms with van der Waals surface area (Å²) in [6, 6.07) is 9.15. The second kappa shape index (κ2) is 9.61. The third-order valence-electron chi connectivity index (χ3n) is 1.99. The van der Waals surface area contributed by atoms with E-state index in [-0.39, 0.29) is 5.92 Å². The van der Waals surface area contributed by atoms with Crippen molar-refractivity contribution in [2.24, 2.45) is 5.92 Å². The Morgan fingerprint density at radius 1 is 1.20 bits per heavy atom. The number of rotatable bonds is 5. The highest BCUT2D eigenvalue weighted by molar-refractivity contribution is 5.81. The maximum Gasteiger partial charge on any atom is 0.333 e. The zero-order valence-corrected chi connectivity index (χ0v) is 11.9. The lowest BCUT2D eigenvalue weighted by Crippen LogP contribution is -2.19. The van der Waals surface area contributed by atoms with Gasteiger partial charge in [0.2, 0.25) is 6.29 Å². The largest absolute Gasteiger partial charge is 0.481 e. The van der Waals surface area contributed by atoms with E-state index in [4.69, 9.17) is 14.6 Å². The van der Waals surface area contributed by atoms with Crippen LogP contribution < -0.4 is 4.74 Å². The highest BCUT2D eigenvalue weighted by atomic mass is 16.7. The van der Waals surface area contributed by atoms with Crippen molar-refractivity contribution < 1.29 is 24.2 Å². The minimum absolute atomic E-state index is 0.231. The van der Waals surface area contributed by atoms with Crippen LogP contribution in [-0.2, 0) is 14.3 Å². The molecular weight excluding hydrogens is 260 g/mol. The van der Waals surface area contributed by atoms with Gasteiger partial charge in [-0.1, -0.05) is 38.6 Å². The molecule has 0 radical (unpaired) electrons. The lowest BCUT2D eigenvalue weighted by molar-refractivity contribution is -0.155. The summed E-state index contributed by atoms with van der Waals surface area (Å²) in [7, 11) is 0. The second-order valence-electron chi connectivity index (χ2n) is 4.13. The quantitative estimate of drug-likeness (QED) is 0.510. The summed E-state index contributed by atoms with van der Waals surface area (Å²) < 4.78 is 10.1.